The zero-order chi connectivity index (χ0) is 15.9. The number of nitrogens with one attached hydrogen (secondary N) is 2. The van der Waals surface area contributed by atoms with Crippen LogP contribution < -0.4 is 15.4 Å². The second kappa shape index (κ2) is 7.71. The van der Waals surface area contributed by atoms with Crippen LogP contribution in [0, 0.1) is 6.92 Å². The van der Waals surface area contributed by atoms with Crippen LogP contribution >= 0.6 is 11.6 Å². The van der Waals surface area contributed by atoms with Crippen molar-refractivity contribution >= 4 is 28.9 Å². The van der Waals surface area contributed by atoms with Crippen LogP contribution in [0.3, 0.4) is 0 Å². The van der Waals surface area contributed by atoms with Gasteiger partial charge >= 0.3 is 0 Å². The fourth-order valence-corrected chi connectivity index (χ4v) is 2.13. The maximum atomic E-state index is 11.9. The van der Waals surface area contributed by atoms with E-state index in [2.05, 4.69) is 10.6 Å². The molecule has 22 heavy (non-hydrogen) atoms. The Kier molecular flexibility index (Phi) is 5.67. The Balaban J connectivity index is 1.81. The van der Waals surface area contributed by atoms with Gasteiger partial charge in [0, 0.05) is 35.4 Å². The van der Waals surface area contributed by atoms with Gasteiger partial charge in [0.25, 0.3) is 0 Å². The minimum absolute atomic E-state index is 0.0599. The van der Waals surface area contributed by atoms with Crippen LogP contribution in [0.4, 0.5) is 11.4 Å². The molecular formula is C17H19ClN2O2. The van der Waals surface area contributed by atoms with E-state index in [0.717, 1.165) is 17.0 Å². The Morgan fingerprint density at radius 1 is 1.18 bits per heavy atom. The van der Waals surface area contributed by atoms with Crippen LogP contribution in [0.1, 0.15) is 12.0 Å². The molecule has 2 N–H and O–H groups in total. The summed E-state index contributed by atoms with van der Waals surface area (Å²) in [7, 11) is 1.62. The van der Waals surface area contributed by atoms with Gasteiger partial charge in [-0.05, 0) is 36.8 Å². The number of methoxy groups -OCH3 is 1. The molecule has 0 spiro atoms. The highest BCUT2D eigenvalue weighted by molar-refractivity contribution is 6.31. The predicted molar refractivity (Wildman–Crippen MR) is 90.9 cm³/mol. The molecule has 0 atom stereocenters. The summed E-state index contributed by atoms with van der Waals surface area (Å²) in [6, 6.07) is 13.1. The van der Waals surface area contributed by atoms with Crippen molar-refractivity contribution in [2.24, 2.45) is 0 Å². The summed E-state index contributed by atoms with van der Waals surface area (Å²) in [6.45, 7) is 2.46. The van der Waals surface area contributed by atoms with E-state index in [1.54, 1.807) is 13.2 Å². The number of aryl methyl sites for hydroxylation is 1. The van der Waals surface area contributed by atoms with Crippen molar-refractivity contribution in [3.8, 4) is 5.75 Å². The zero-order valence-corrected chi connectivity index (χ0v) is 13.4. The monoisotopic (exact) mass is 318 g/mol. The largest absolute Gasteiger partial charge is 0.497 e. The zero-order valence-electron chi connectivity index (χ0n) is 12.7. The topological polar surface area (TPSA) is 50.4 Å². The van der Waals surface area contributed by atoms with Crippen molar-refractivity contribution in [3.05, 3.63) is 53.1 Å². The number of anilines is 2. The Morgan fingerprint density at radius 3 is 2.73 bits per heavy atom. The van der Waals surface area contributed by atoms with Crippen LogP contribution in [0.2, 0.25) is 5.02 Å². The lowest BCUT2D eigenvalue weighted by Gasteiger charge is -2.09. The molecule has 0 saturated carbocycles. The second-order valence-electron chi connectivity index (χ2n) is 4.92. The van der Waals surface area contributed by atoms with Gasteiger partial charge in [-0.15, -0.1) is 0 Å². The highest BCUT2D eigenvalue weighted by atomic mass is 35.5. The Labute approximate surface area is 135 Å². The molecule has 2 aromatic carbocycles. The van der Waals surface area contributed by atoms with Crippen LogP contribution in [0.25, 0.3) is 0 Å². The smallest absolute Gasteiger partial charge is 0.226 e. The summed E-state index contributed by atoms with van der Waals surface area (Å²) < 4.78 is 5.15. The van der Waals surface area contributed by atoms with E-state index >= 15 is 0 Å². The van der Waals surface area contributed by atoms with E-state index in [1.165, 1.54) is 0 Å². The van der Waals surface area contributed by atoms with Crippen molar-refractivity contribution in [1.82, 2.24) is 0 Å². The SMILES string of the molecule is COc1cccc(NCCC(=O)Nc2ccc(C)c(Cl)c2)c1. The summed E-state index contributed by atoms with van der Waals surface area (Å²) in [5.74, 6) is 0.721. The Bertz CT molecular complexity index is 659. The van der Waals surface area contributed by atoms with Crippen molar-refractivity contribution < 1.29 is 9.53 Å². The summed E-state index contributed by atoms with van der Waals surface area (Å²) in [5.41, 5.74) is 2.62. The third-order valence-electron chi connectivity index (χ3n) is 3.21. The van der Waals surface area contributed by atoms with Gasteiger partial charge in [0.15, 0.2) is 0 Å². The van der Waals surface area contributed by atoms with Crippen molar-refractivity contribution in [2.45, 2.75) is 13.3 Å². The van der Waals surface area contributed by atoms with Gasteiger partial charge in [0.2, 0.25) is 5.91 Å². The molecule has 0 aliphatic rings. The summed E-state index contributed by atoms with van der Waals surface area (Å²) in [4.78, 5) is 11.9. The first-order valence-electron chi connectivity index (χ1n) is 7.02. The highest BCUT2D eigenvalue weighted by Gasteiger charge is 2.04. The summed E-state index contributed by atoms with van der Waals surface area (Å²) in [6.07, 6.45) is 0.364. The van der Waals surface area contributed by atoms with Crippen LogP contribution in [-0.2, 0) is 4.79 Å². The van der Waals surface area contributed by atoms with Gasteiger partial charge in [-0.2, -0.15) is 0 Å². The second-order valence-corrected chi connectivity index (χ2v) is 5.33. The lowest BCUT2D eigenvalue weighted by molar-refractivity contribution is -0.115. The van der Waals surface area contributed by atoms with Gasteiger partial charge < -0.3 is 15.4 Å². The first-order valence-corrected chi connectivity index (χ1v) is 7.40. The fraction of sp³-hybridized carbons (Fsp3) is 0.235. The van der Waals surface area contributed by atoms with Crippen LogP contribution in [0.5, 0.6) is 5.75 Å². The molecule has 0 aliphatic carbocycles. The minimum atomic E-state index is -0.0599. The molecule has 0 heterocycles. The molecule has 0 aliphatic heterocycles. The third-order valence-corrected chi connectivity index (χ3v) is 3.61. The normalized spacial score (nSPS) is 10.1. The van der Waals surface area contributed by atoms with Gasteiger partial charge in [-0.25, -0.2) is 0 Å². The number of benzene rings is 2. The molecule has 0 saturated heterocycles. The molecule has 0 unspecified atom stereocenters. The lowest BCUT2D eigenvalue weighted by Crippen LogP contribution is -2.16. The van der Waals surface area contributed by atoms with Gasteiger partial charge in [0.1, 0.15) is 5.75 Å². The number of amides is 1. The standard InChI is InChI=1S/C17H19ClN2O2/c1-12-6-7-14(11-16(12)18)20-17(21)8-9-19-13-4-3-5-15(10-13)22-2/h3-7,10-11,19H,8-9H2,1-2H3,(H,20,21). The minimum Gasteiger partial charge on any atom is -0.497 e. The first kappa shape index (κ1) is 16.2. The van der Waals surface area contributed by atoms with Crippen molar-refractivity contribution in [3.63, 3.8) is 0 Å². The molecule has 2 rings (SSSR count). The van der Waals surface area contributed by atoms with E-state index < -0.39 is 0 Å². The number of hydrogen-bond donors (Lipinski definition) is 2. The average molecular weight is 319 g/mol. The number of carbonyl (C=O) groups excluding carboxylic acids is 1. The van der Waals surface area contributed by atoms with E-state index in [0.29, 0.717) is 23.7 Å². The molecular weight excluding hydrogens is 300 g/mol. The van der Waals surface area contributed by atoms with E-state index in [-0.39, 0.29) is 5.91 Å². The quantitative estimate of drug-likeness (QED) is 0.843. The van der Waals surface area contributed by atoms with Crippen molar-refractivity contribution in [1.29, 1.82) is 0 Å². The fourth-order valence-electron chi connectivity index (χ4n) is 1.95. The first-order chi connectivity index (χ1) is 10.6. The molecule has 1 amide bonds. The Morgan fingerprint density at radius 2 is 2.00 bits per heavy atom. The molecule has 0 radical (unpaired) electrons. The Hall–Kier alpha value is -2.20. The maximum Gasteiger partial charge on any atom is 0.226 e. The molecule has 5 heteroatoms. The third kappa shape index (κ3) is 4.67. The molecule has 0 bridgehead atoms. The number of ether oxygens (including phenoxy) is 1. The van der Waals surface area contributed by atoms with Crippen LogP contribution in [0.15, 0.2) is 42.5 Å². The summed E-state index contributed by atoms with van der Waals surface area (Å²) in [5, 5.41) is 6.67. The van der Waals surface area contributed by atoms with Gasteiger partial charge in [0.05, 0.1) is 7.11 Å². The number of carbonyl (C=O) groups is 1. The highest BCUT2D eigenvalue weighted by Crippen LogP contribution is 2.20. The number of halogens is 1. The van der Waals surface area contributed by atoms with E-state index in [1.807, 2.05) is 43.3 Å². The van der Waals surface area contributed by atoms with Crippen molar-refractivity contribution in [2.75, 3.05) is 24.3 Å². The van der Waals surface area contributed by atoms with Crippen LogP contribution in [-0.4, -0.2) is 19.6 Å². The summed E-state index contributed by atoms with van der Waals surface area (Å²) >= 11 is 6.03. The predicted octanol–water partition coefficient (Wildman–Crippen LogP) is 4.10. The van der Waals surface area contributed by atoms with Gasteiger partial charge in [-0.3, -0.25) is 4.79 Å². The van der Waals surface area contributed by atoms with E-state index in [4.69, 9.17) is 16.3 Å². The van der Waals surface area contributed by atoms with Gasteiger partial charge in [-0.1, -0.05) is 23.7 Å². The molecule has 0 fully saturated rings. The van der Waals surface area contributed by atoms with E-state index in [9.17, 15) is 4.79 Å². The molecule has 4 nitrogen and oxygen atoms in total. The molecule has 2 aromatic rings. The molecule has 0 aromatic heterocycles. The number of hydrogen-bond acceptors (Lipinski definition) is 3. The number of rotatable bonds is 6. The lowest BCUT2D eigenvalue weighted by atomic mass is 10.2. The maximum absolute atomic E-state index is 11.9. The average Bonchev–Trinajstić information content (AvgIpc) is 2.51. The molecule has 116 valence electrons.